The van der Waals surface area contributed by atoms with Crippen LogP contribution in [0, 0.1) is 5.82 Å². The summed E-state index contributed by atoms with van der Waals surface area (Å²) < 4.78 is 50.8. The maximum atomic E-state index is 13.7. The van der Waals surface area contributed by atoms with Crippen LogP contribution in [0.15, 0.2) is 12.3 Å². The van der Waals surface area contributed by atoms with Gasteiger partial charge in [-0.05, 0) is 13.0 Å². The van der Waals surface area contributed by atoms with E-state index in [9.17, 15) is 17.6 Å². The average Bonchev–Trinajstić information content (AvgIpc) is 2.27. The van der Waals surface area contributed by atoms with Gasteiger partial charge >= 0.3 is 6.18 Å². The van der Waals surface area contributed by atoms with E-state index in [0.29, 0.717) is 31.9 Å². The van der Waals surface area contributed by atoms with Crippen LogP contribution in [-0.4, -0.2) is 30.7 Å². The summed E-state index contributed by atoms with van der Waals surface area (Å²) in [6.45, 7) is 3.63. The van der Waals surface area contributed by atoms with E-state index in [-0.39, 0.29) is 11.9 Å². The Kier molecular flexibility index (Phi) is 3.43. The number of pyridine rings is 1. The molecule has 100 valence electrons. The predicted octanol–water partition coefficient (Wildman–Crippen LogP) is 2.04. The first-order valence-electron chi connectivity index (χ1n) is 5.59. The molecule has 0 bridgehead atoms. The number of hydrogen-bond acceptors (Lipinski definition) is 3. The number of anilines is 1. The summed E-state index contributed by atoms with van der Waals surface area (Å²) in [6.07, 6.45) is -3.89. The SMILES string of the molecule is C[C@@H]1CN(c2ncc(C(F)(F)F)cc2F)CCN1. The van der Waals surface area contributed by atoms with Crippen LogP contribution in [0.4, 0.5) is 23.4 Å². The molecular formula is C11H13F4N3. The molecule has 2 rings (SSSR count). The molecule has 1 atom stereocenters. The van der Waals surface area contributed by atoms with Gasteiger partial charge in [0.2, 0.25) is 0 Å². The predicted molar refractivity (Wildman–Crippen MR) is 58.9 cm³/mol. The average molecular weight is 263 g/mol. The Morgan fingerprint density at radius 2 is 2.17 bits per heavy atom. The Balaban J connectivity index is 2.24. The summed E-state index contributed by atoms with van der Waals surface area (Å²) in [7, 11) is 0. The van der Waals surface area contributed by atoms with Gasteiger partial charge in [0.05, 0.1) is 5.56 Å². The molecule has 1 fully saturated rings. The first-order chi connectivity index (χ1) is 8.38. The minimum Gasteiger partial charge on any atom is -0.351 e. The van der Waals surface area contributed by atoms with Crippen LogP contribution in [0.1, 0.15) is 12.5 Å². The van der Waals surface area contributed by atoms with Crippen LogP contribution in [-0.2, 0) is 6.18 Å². The van der Waals surface area contributed by atoms with Gasteiger partial charge in [-0.2, -0.15) is 13.2 Å². The van der Waals surface area contributed by atoms with E-state index in [2.05, 4.69) is 10.3 Å². The normalized spacial score (nSPS) is 21.2. The summed E-state index contributed by atoms with van der Waals surface area (Å²) in [4.78, 5) is 5.26. The van der Waals surface area contributed by atoms with Crippen molar-refractivity contribution in [3.05, 3.63) is 23.6 Å². The zero-order valence-corrected chi connectivity index (χ0v) is 9.76. The lowest BCUT2D eigenvalue weighted by Gasteiger charge is -2.32. The van der Waals surface area contributed by atoms with Gasteiger partial charge in [-0.1, -0.05) is 0 Å². The zero-order chi connectivity index (χ0) is 13.3. The molecule has 0 unspecified atom stereocenters. The Morgan fingerprint density at radius 3 is 2.72 bits per heavy atom. The highest BCUT2D eigenvalue weighted by molar-refractivity contribution is 5.42. The summed E-state index contributed by atoms with van der Waals surface area (Å²) >= 11 is 0. The van der Waals surface area contributed by atoms with Crippen LogP contribution in [0.25, 0.3) is 0 Å². The van der Waals surface area contributed by atoms with Crippen molar-refractivity contribution >= 4 is 5.82 Å². The fourth-order valence-electron chi connectivity index (χ4n) is 1.94. The quantitative estimate of drug-likeness (QED) is 0.786. The molecule has 0 aliphatic carbocycles. The van der Waals surface area contributed by atoms with Gasteiger partial charge in [0.25, 0.3) is 0 Å². The van der Waals surface area contributed by atoms with E-state index < -0.39 is 17.6 Å². The smallest absolute Gasteiger partial charge is 0.351 e. The van der Waals surface area contributed by atoms with Crippen LogP contribution >= 0.6 is 0 Å². The number of halogens is 4. The second-order valence-corrected chi connectivity index (χ2v) is 4.33. The van der Waals surface area contributed by atoms with Gasteiger partial charge in [-0.15, -0.1) is 0 Å². The zero-order valence-electron chi connectivity index (χ0n) is 9.76. The van der Waals surface area contributed by atoms with Gasteiger partial charge in [-0.25, -0.2) is 9.37 Å². The lowest BCUT2D eigenvalue weighted by Crippen LogP contribution is -2.49. The van der Waals surface area contributed by atoms with E-state index in [1.807, 2.05) is 6.92 Å². The Bertz CT molecular complexity index is 433. The van der Waals surface area contributed by atoms with Crippen molar-refractivity contribution in [1.82, 2.24) is 10.3 Å². The van der Waals surface area contributed by atoms with Gasteiger partial charge < -0.3 is 10.2 Å². The summed E-state index contributed by atoms with van der Waals surface area (Å²) in [6, 6.07) is 0.650. The molecule has 0 aromatic carbocycles. The highest BCUT2D eigenvalue weighted by atomic mass is 19.4. The maximum absolute atomic E-state index is 13.7. The molecule has 0 amide bonds. The van der Waals surface area contributed by atoms with Crippen LogP contribution < -0.4 is 10.2 Å². The third-order valence-corrected chi connectivity index (χ3v) is 2.82. The lowest BCUT2D eigenvalue weighted by atomic mass is 10.2. The fraction of sp³-hybridized carbons (Fsp3) is 0.545. The molecule has 0 radical (unpaired) electrons. The lowest BCUT2D eigenvalue weighted by molar-refractivity contribution is -0.138. The van der Waals surface area contributed by atoms with Crippen molar-refractivity contribution in [2.45, 2.75) is 19.1 Å². The molecule has 7 heteroatoms. The fourth-order valence-corrected chi connectivity index (χ4v) is 1.94. The Morgan fingerprint density at radius 1 is 1.44 bits per heavy atom. The van der Waals surface area contributed by atoms with Gasteiger partial charge in [-0.3, -0.25) is 0 Å². The van der Waals surface area contributed by atoms with E-state index in [0.717, 1.165) is 0 Å². The molecule has 0 saturated carbocycles. The number of piperazine rings is 1. The third-order valence-electron chi connectivity index (χ3n) is 2.82. The number of rotatable bonds is 1. The van der Waals surface area contributed by atoms with Crippen molar-refractivity contribution in [2.24, 2.45) is 0 Å². The molecule has 1 aromatic rings. The highest BCUT2D eigenvalue weighted by Crippen LogP contribution is 2.31. The van der Waals surface area contributed by atoms with Crippen molar-refractivity contribution in [2.75, 3.05) is 24.5 Å². The second-order valence-electron chi connectivity index (χ2n) is 4.33. The highest BCUT2D eigenvalue weighted by Gasteiger charge is 2.32. The van der Waals surface area contributed by atoms with Crippen LogP contribution in [0.2, 0.25) is 0 Å². The first-order valence-corrected chi connectivity index (χ1v) is 5.59. The van der Waals surface area contributed by atoms with Gasteiger partial charge in [0.15, 0.2) is 11.6 Å². The van der Waals surface area contributed by atoms with Crippen molar-refractivity contribution in [3.63, 3.8) is 0 Å². The van der Waals surface area contributed by atoms with E-state index >= 15 is 0 Å². The summed E-state index contributed by atoms with van der Waals surface area (Å²) in [5.41, 5.74) is -1.06. The monoisotopic (exact) mass is 263 g/mol. The molecular weight excluding hydrogens is 250 g/mol. The molecule has 18 heavy (non-hydrogen) atoms. The topological polar surface area (TPSA) is 28.2 Å². The Hall–Kier alpha value is -1.37. The minimum atomic E-state index is -4.57. The van der Waals surface area contributed by atoms with Crippen molar-refractivity contribution in [3.8, 4) is 0 Å². The summed E-state index contributed by atoms with van der Waals surface area (Å²) in [5, 5.41) is 3.16. The molecule has 2 heterocycles. The van der Waals surface area contributed by atoms with Crippen LogP contribution in [0.3, 0.4) is 0 Å². The summed E-state index contributed by atoms with van der Waals surface area (Å²) in [5.74, 6) is -0.949. The Labute approximate surface area is 102 Å². The van der Waals surface area contributed by atoms with E-state index in [4.69, 9.17) is 0 Å². The standard InChI is InChI=1S/C11H13F4N3/c1-7-6-18(3-2-16-7)10-9(12)4-8(5-17-10)11(13,14)15/h4-5,7,16H,2-3,6H2,1H3/t7-/m1/s1. The molecule has 1 N–H and O–H groups in total. The second kappa shape index (κ2) is 4.72. The largest absolute Gasteiger partial charge is 0.417 e. The minimum absolute atomic E-state index is 0.0173. The molecule has 0 spiro atoms. The molecule has 1 aromatic heterocycles. The number of alkyl halides is 3. The van der Waals surface area contributed by atoms with E-state index in [1.165, 1.54) is 0 Å². The van der Waals surface area contributed by atoms with Crippen LogP contribution in [0.5, 0.6) is 0 Å². The molecule has 1 aliphatic heterocycles. The first kappa shape index (κ1) is 13.1. The van der Waals surface area contributed by atoms with Crippen molar-refractivity contribution in [1.29, 1.82) is 0 Å². The number of nitrogens with zero attached hydrogens (tertiary/aromatic N) is 2. The maximum Gasteiger partial charge on any atom is 0.417 e. The number of aromatic nitrogens is 1. The third kappa shape index (κ3) is 2.72. The number of hydrogen-bond donors (Lipinski definition) is 1. The van der Waals surface area contributed by atoms with E-state index in [1.54, 1.807) is 4.90 Å². The molecule has 3 nitrogen and oxygen atoms in total. The number of nitrogens with one attached hydrogen (secondary N) is 1. The molecule has 1 aliphatic rings. The van der Waals surface area contributed by atoms with Crippen molar-refractivity contribution < 1.29 is 17.6 Å². The molecule has 1 saturated heterocycles. The van der Waals surface area contributed by atoms with Gasteiger partial charge in [0, 0.05) is 31.9 Å². The van der Waals surface area contributed by atoms with Gasteiger partial charge in [0.1, 0.15) is 0 Å².